The standard InChI is InChI=1S/C12H26N4O/c1-13-12(5-7-14-8-6-12)11(17)16(4)10-9-15(2)3/h13-14H,5-10H2,1-4H3. The van der Waals surface area contributed by atoms with Gasteiger partial charge in [-0.1, -0.05) is 0 Å². The number of nitrogens with zero attached hydrogens (tertiary/aromatic N) is 2. The zero-order valence-corrected chi connectivity index (χ0v) is 11.5. The van der Waals surface area contributed by atoms with Crippen molar-refractivity contribution >= 4 is 5.91 Å². The van der Waals surface area contributed by atoms with E-state index in [0.29, 0.717) is 0 Å². The van der Waals surface area contributed by atoms with Gasteiger partial charge in [-0.3, -0.25) is 4.79 Å². The maximum absolute atomic E-state index is 12.5. The van der Waals surface area contributed by atoms with Crippen LogP contribution in [0.1, 0.15) is 12.8 Å². The third-order valence-corrected chi connectivity index (χ3v) is 3.57. The first-order valence-electron chi connectivity index (χ1n) is 6.32. The fourth-order valence-corrected chi connectivity index (χ4v) is 2.24. The summed E-state index contributed by atoms with van der Waals surface area (Å²) in [5.41, 5.74) is -0.355. The predicted octanol–water partition coefficient (Wildman–Crippen LogP) is -0.652. The number of hydrogen-bond donors (Lipinski definition) is 2. The molecule has 1 rings (SSSR count). The zero-order valence-electron chi connectivity index (χ0n) is 11.5. The van der Waals surface area contributed by atoms with Crippen molar-refractivity contribution in [2.75, 3.05) is 54.4 Å². The maximum Gasteiger partial charge on any atom is 0.242 e. The van der Waals surface area contributed by atoms with Gasteiger partial charge in [0.25, 0.3) is 0 Å². The van der Waals surface area contributed by atoms with Crippen LogP contribution in [-0.4, -0.2) is 75.6 Å². The van der Waals surface area contributed by atoms with E-state index in [1.165, 1.54) is 0 Å². The molecule has 2 N–H and O–H groups in total. The summed E-state index contributed by atoms with van der Waals surface area (Å²) in [5, 5.41) is 6.54. The van der Waals surface area contributed by atoms with E-state index in [-0.39, 0.29) is 11.4 Å². The van der Waals surface area contributed by atoms with Crippen molar-refractivity contribution in [3.63, 3.8) is 0 Å². The van der Waals surface area contributed by atoms with Gasteiger partial charge in [-0.15, -0.1) is 0 Å². The van der Waals surface area contributed by atoms with E-state index >= 15 is 0 Å². The minimum atomic E-state index is -0.355. The SMILES string of the molecule is CNC1(C(=O)N(C)CCN(C)C)CCNCC1. The molecule has 100 valence electrons. The number of piperidine rings is 1. The molecule has 1 fully saturated rings. The monoisotopic (exact) mass is 242 g/mol. The molecule has 17 heavy (non-hydrogen) atoms. The second kappa shape index (κ2) is 6.33. The van der Waals surface area contributed by atoms with Crippen molar-refractivity contribution in [3.8, 4) is 0 Å². The molecule has 0 aromatic heterocycles. The van der Waals surface area contributed by atoms with Gasteiger partial charge in [0, 0.05) is 20.1 Å². The Bertz CT molecular complexity index is 249. The van der Waals surface area contributed by atoms with Crippen LogP contribution in [-0.2, 0) is 4.79 Å². The molecular weight excluding hydrogens is 216 g/mol. The first kappa shape index (κ1) is 14.4. The van der Waals surface area contributed by atoms with Crippen molar-refractivity contribution in [1.82, 2.24) is 20.4 Å². The Morgan fingerprint density at radius 3 is 2.29 bits per heavy atom. The lowest BCUT2D eigenvalue weighted by molar-refractivity contribution is -0.138. The lowest BCUT2D eigenvalue weighted by Gasteiger charge is -2.39. The van der Waals surface area contributed by atoms with Crippen LogP contribution in [0.15, 0.2) is 0 Å². The first-order chi connectivity index (χ1) is 8.02. The number of rotatable bonds is 5. The van der Waals surface area contributed by atoms with Crippen molar-refractivity contribution in [2.45, 2.75) is 18.4 Å². The van der Waals surface area contributed by atoms with Gasteiger partial charge in [0.2, 0.25) is 5.91 Å². The highest BCUT2D eigenvalue weighted by Crippen LogP contribution is 2.20. The highest BCUT2D eigenvalue weighted by molar-refractivity contribution is 5.86. The van der Waals surface area contributed by atoms with E-state index in [0.717, 1.165) is 39.0 Å². The van der Waals surface area contributed by atoms with E-state index in [1.54, 1.807) is 0 Å². The van der Waals surface area contributed by atoms with E-state index in [2.05, 4.69) is 15.5 Å². The summed E-state index contributed by atoms with van der Waals surface area (Å²) in [7, 11) is 7.84. The van der Waals surface area contributed by atoms with Crippen molar-refractivity contribution in [2.24, 2.45) is 0 Å². The molecule has 0 aromatic rings. The Balaban J connectivity index is 2.58. The molecule has 0 aliphatic carbocycles. The van der Waals surface area contributed by atoms with Gasteiger partial charge in [0.05, 0.1) is 0 Å². The van der Waals surface area contributed by atoms with Crippen LogP contribution in [0.4, 0.5) is 0 Å². The van der Waals surface area contributed by atoms with E-state index in [9.17, 15) is 4.79 Å². The van der Waals surface area contributed by atoms with E-state index in [4.69, 9.17) is 0 Å². The normalized spacial score (nSPS) is 19.4. The highest BCUT2D eigenvalue weighted by Gasteiger charge is 2.39. The van der Waals surface area contributed by atoms with Crippen LogP contribution in [0.5, 0.6) is 0 Å². The minimum absolute atomic E-state index is 0.225. The molecule has 0 radical (unpaired) electrons. The summed E-state index contributed by atoms with van der Waals surface area (Å²) in [6, 6.07) is 0. The van der Waals surface area contributed by atoms with Crippen LogP contribution in [0.25, 0.3) is 0 Å². The molecule has 1 saturated heterocycles. The fourth-order valence-electron chi connectivity index (χ4n) is 2.24. The molecule has 1 heterocycles. The molecule has 0 atom stereocenters. The minimum Gasteiger partial charge on any atom is -0.343 e. The third kappa shape index (κ3) is 3.66. The van der Waals surface area contributed by atoms with Gasteiger partial charge in [-0.2, -0.15) is 0 Å². The van der Waals surface area contributed by atoms with Crippen molar-refractivity contribution in [1.29, 1.82) is 0 Å². The van der Waals surface area contributed by atoms with Crippen LogP contribution in [0, 0.1) is 0 Å². The molecule has 1 aliphatic heterocycles. The van der Waals surface area contributed by atoms with Crippen LogP contribution in [0.3, 0.4) is 0 Å². The Morgan fingerprint density at radius 2 is 1.82 bits per heavy atom. The van der Waals surface area contributed by atoms with Gasteiger partial charge in [-0.05, 0) is 47.1 Å². The number of likely N-dealkylation sites (N-methyl/N-ethyl adjacent to an activating group) is 3. The highest BCUT2D eigenvalue weighted by atomic mass is 16.2. The smallest absolute Gasteiger partial charge is 0.242 e. The van der Waals surface area contributed by atoms with Crippen LogP contribution >= 0.6 is 0 Å². The van der Waals surface area contributed by atoms with Gasteiger partial charge in [-0.25, -0.2) is 0 Å². The number of hydrogen-bond acceptors (Lipinski definition) is 4. The molecule has 5 nitrogen and oxygen atoms in total. The fraction of sp³-hybridized carbons (Fsp3) is 0.917. The summed E-state index contributed by atoms with van der Waals surface area (Å²) in [4.78, 5) is 16.4. The lowest BCUT2D eigenvalue weighted by atomic mass is 9.87. The molecule has 0 bridgehead atoms. The Hall–Kier alpha value is -0.650. The first-order valence-corrected chi connectivity index (χ1v) is 6.32. The lowest BCUT2D eigenvalue weighted by Crippen LogP contribution is -2.61. The predicted molar refractivity (Wildman–Crippen MR) is 70.1 cm³/mol. The topological polar surface area (TPSA) is 47.6 Å². The van der Waals surface area contributed by atoms with E-state index < -0.39 is 0 Å². The maximum atomic E-state index is 12.5. The number of nitrogens with one attached hydrogen (secondary N) is 2. The Morgan fingerprint density at radius 1 is 1.24 bits per heavy atom. The second-order valence-electron chi connectivity index (χ2n) is 5.11. The van der Waals surface area contributed by atoms with E-state index in [1.807, 2.05) is 33.1 Å². The summed E-state index contributed by atoms with van der Waals surface area (Å²) in [6.07, 6.45) is 1.74. The van der Waals surface area contributed by atoms with Crippen molar-refractivity contribution < 1.29 is 4.79 Å². The van der Waals surface area contributed by atoms with Crippen molar-refractivity contribution in [3.05, 3.63) is 0 Å². The van der Waals surface area contributed by atoms with Gasteiger partial charge >= 0.3 is 0 Å². The molecule has 1 amide bonds. The number of carbonyl (C=O) groups excluding carboxylic acids is 1. The van der Waals surface area contributed by atoms with Gasteiger partial charge in [0.15, 0.2) is 0 Å². The molecule has 0 aromatic carbocycles. The molecular formula is C12H26N4O. The second-order valence-corrected chi connectivity index (χ2v) is 5.11. The van der Waals surface area contributed by atoms with Gasteiger partial charge in [0.1, 0.15) is 5.54 Å². The Kier molecular flexibility index (Phi) is 5.36. The summed E-state index contributed by atoms with van der Waals surface area (Å²) in [6.45, 7) is 3.51. The molecule has 5 heteroatoms. The summed E-state index contributed by atoms with van der Waals surface area (Å²) < 4.78 is 0. The largest absolute Gasteiger partial charge is 0.343 e. The molecule has 0 saturated carbocycles. The third-order valence-electron chi connectivity index (χ3n) is 3.57. The molecule has 0 spiro atoms. The zero-order chi connectivity index (χ0) is 12.9. The van der Waals surface area contributed by atoms with Crippen LogP contribution < -0.4 is 10.6 Å². The Labute approximate surface area is 105 Å². The van der Waals surface area contributed by atoms with Crippen LogP contribution in [0.2, 0.25) is 0 Å². The average Bonchev–Trinajstić information content (AvgIpc) is 2.35. The quantitative estimate of drug-likeness (QED) is 0.672. The average molecular weight is 242 g/mol. The molecule has 1 aliphatic rings. The van der Waals surface area contributed by atoms with Gasteiger partial charge < -0.3 is 20.4 Å². The summed E-state index contributed by atoms with van der Waals surface area (Å²) >= 11 is 0. The summed E-state index contributed by atoms with van der Waals surface area (Å²) in [5.74, 6) is 0.225. The number of amides is 1. The molecule has 0 unspecified atom stereocenters. The number of carbonyl (C=O) groups is 1.